The van der Waals surface area contributed by atoms with Crippen molar-refractivity contribution in [3.63, 3.8) is 0 Å². The fourth-order valence-electron chi connectivity index (χ4n) is 3.45. The summed E-state index contributed by atoms with van der Waals surface area (Å²) >= 11 is 0. The topological polar surface area (TPSA) is 41.6 Å². The van der Waals surface area contributed by atoms with Crippen molar-refractivity contribution >= 4 is 5.91 Å². The predicted molar refractivity (Wildman–Crippen MR) is 95.6 cm³/mol. The molecule has 0 radical (unpaired) electrons. The molecule has 0 aromatic heterocycles. The lowest BCUT2D eigenvalue weighted by atomic mass is 10.00. The van der Waals surface area contributed by atoms with Crippen molar-refractivity contribution in [1.82, 2.24) is 10.2 Å². The monoisotopic (exact) mass is 328 g/mol. The minimum atomic E-state index is 0.00259. The zero-order chi connectivity index (χ0) is 16.6. The van der Waals surface area contributed by atoms with Gasteiger partial charge in [-0.1, -0.05) is 42.0 Å². The van der Waals surface area contributed by atoms with Gasteiger partial charge in [-0.2, -0.15) is 0 Å². The van der Waals surface area contributed by atoms with Crippen molar-refractivity contribution in [2.75, 3.05) is 26.2 Å². The van der Waals surface area contributed by atoms with Gasteiger partial charge in [-0.15, -0.1) is 0 Å². The molecule has 1 aliphatic heterocycles. The van der Waals surface area contributed by atoms with Gasteiger partial charge in [0.15, 0.2) is 0 Å². The van der Waals surface area contributed by atoms with E-state index in [0.29, 0.717) is 19.6 Å². The van der Waals surface area contributed by atoms with Gasteiger partial charge in [0.05, 0.1) is 19.1 Å². The van der Waals surface area contributed by atoms with Crippen LogP contribution in [0.4, 0.5) is 0 Å². The zero-order valence-electron chi connectivity index (χ0n) is 14.4. The summed E-state index contributed by atoms with van der Waals surface area (Å²) in [6.45, 7) is 4.09. The van der Waals surface area contributed by atoms with E-state index in [1.165, 1.54) is 24.0 Å². The highest BCUT2D eigenvalue weighted by Gasteiger charge is 2.23. The highest BCUT2D eigenvalue weighted by molar-refractivity contribution is 5.76. The lowest BCUT2D eigenvalue weighted by Crippen LogP contribution is -2.44. The maximum atomic E-state index is 12.2. The van der Waals surface area contributed by atoms with E-state index in [1.807, 2.05) is 6.07 Å². The first-order valence-corrected chi connectivity index (χ1v) is 9.12. The smallest absolute Gasteiger partial charge is 0.222 e. The minimum Gasteiger partial charge on any atom is -0.375 e. The first-order valence-electron chi connectivity index (χ1n) is 9.12. The summed E-state index contributed by atoms with van der Waals surface area (Å²) in [5.41, 5.74) is 2.69. The lowest BCUT2D eigenvalue weighted by molar-refractivity contribution is -0.126. The number of nitrogens with one attached hydrogen (secondary N) is 1. The van der Waals surface area contributed by atoms with E-state index in [4.69, 9.17) is 4.74 Å². The Balaban J connectivity index is 1.41. The summed E-state index contributed by atoms with van der Waals surface area (Å²) in [5.74, 6) is 0.105. The molecule has 1 unspecified atom stereocenters. The summed E-state index contributed by atoms with van der Waals surface area (Å²) in [4.78, 5) is 14.6. The normalized spacial score (nSPS) is 22.0. The molecule has 1 atom stereocenters. The van der Waals surface area contributed by atoms with E-state index < -0.39 is 0 Å². The molecule has 1 aromatic carbocycles. The Labute approximate surface area is 144 Å². The fourth-order valence-corrected chi connectivity index (χ4v) is 3.45. The van der Waals surface area contributed by atoms with Crippen LogP contribution in [0.25, 0.3) is 0 Å². The maximum Gasteiger partial charge on any atom is 0.222 e. The van der Waals surface area contributed by atoms with Crippen LogP contribution >= 0.6 is 0 Å². The second-order valence-corrected chi connectivity index (χ2v) is 6.80. The number of benzene rings is 1. The summed E-state index contributed by atoms with van der Waals surface area (Å²) in [5, 5.41) is 3.06. The van der Waals surface area contributed by atoms with Crippen molar-refractivity contribution < 1.29 is 9.53 Å². The Hall–Kier alpha value is -1.65. The Morgan fingerprint density at radius 3 is 2.92 bits per heavy atom. The van der Waals surface area contributed by atoms with E-state index in [0.717, 1.165) is 32.5 Å². The molecule has 0 bridgehead atoms. The van der Waals surface area contributed by atoms with Crippen molar-refractivity contribution in [3.8, 4) is 0 Å². The number of nitrogens with zero attached hydrogens (tertiary/aromatic N) is 1. The highest BCUT2D eigenvalue weighted by atomic mass is 16.5. The third-order valence-electron chi connectivity index (χ3n) is 4.78. The number of rotatable bonds is 6. The van der Waals surface area contributed by atoms with E-state index in [-0.39, 0.29) is 12.0 Å². The number of hydrogen-bond acceptors (Lipinski definition) is 3. The molecule has 1 amide bonds. The first kappa shape index (κ1) is 17.2. The number of allylic oxidation sites excluding steroid dienone is 1. The largest absolute Gasteiger partial charge is 0.375 e. The van der Waals surface area contributed by atoms with Gasteiger partial charge in [-0.3, -0.25) is 9.69 Å². The van der Waals surface area contributed by atoms with E-state index in [2.05, 4.69) is 40.6 Å². The van der Waals surface area contributed by atoms with Crippen LogP contribution in [-0.4, -0.2) is 43.2 Å². The Kier molecular flexibility index (Phi) is 6.44. The van der Waals surface area contributed by atoms with Gasteiger partial charge in [0.2, 0.25) is 5.91 Å². The van der Waals surface area contributed by atoms with Crippen LogP contribution < -0.4 is 5.32 Å². The van der Waals surface area contributed by atoms with Crippen molar-refractivity contribution in [2.24, 2.45) is 0 Å². The number of carbonyl (C=O) groups is 1. The molecule has 1 saturated heterocycles. The van der Waals surface area contributed by atoms with Gasteiger partial charge in [0.1, 0.15) is 0 Å². The van der Waals surface area contributed by atoms with Crippen LogP contribution in [0.2, 0.25) is 0 Å². The number of carbonyl (C=O) groups excluding carboxylic acids is 1. The average molecular weight is 328 g/mol. The molecular formula is C20H28N2O2. The van der Waals surface area contributed by atoms with Gasteiger partial charge in [-0.25, -0.2) is 0 Å². The van der Waals surface area contributed by atoms with Crippen LogP contribution in [0.3, 0.4) is 0 Å². The third-order valence-corrected chi connectivity index (χ3v) is 4.78. The van der Waals surface area contributed by atoms with Gasteiger partial charge >= 0.3 is 0 Å². The van der Waals surface area contributed by atoms with Crippen molar-refractivity contribution in [1.29, 1.82) is 0 Å². The molecule has 1 heterocycles. The molecule has 4 nitrogen and oxygen atoms in total. The lowest BCUT2D eigenvalue weighted by Gasteiger charge is -2.32. The molecule has 3 rings (SSSR count). The van der Waals surface area contributed by atoms with Gasteiger partial charge in [0.25, 0.3) is 0 Å². The molecule has 1 aliphatic carbocycles. The summed E-state index contributed by atoms with van der Waals surface area (Å²) in [7, 11) is 0. The molecule has 4 heteroatoms. The van der Waals surface area contributed by atoms with Crippen LogP contribution in [0, 0.1) is 0 Å². The maximum absolute atomic E-state index is 12.2. The number of amides is 1. The van der Waals surface area contributed by atoms with E-state index in [1.54, 1.807) is 0 Å². The van der Waals surface area contributed by atoms with Crippen molar-refractivity contribution in [3.05, 3.63) is 47.5 Å². The third kappa shape index (κ3) is 5.46. The Morgan fingerprint density at radius 2 is 2.12 bits per heavy atom. The predicted octanol–water partition coefficient (Wildman–Crippen LogP) is 2.89. The second-order valence-electron chi connectivity index (χ2n) is 6.80. The molecule has 2 aliphatic rings. The summed E-state index contributed by atoms with van der Waals surface area (Å²) in [6.07, 6.45) is 7.56. The van der Waals surface area contributed by atoms with E-state index >= 15 is 0 Å². The first-order chi connectivity index (χ1) is 11.8. The highest BCUT2D eigenvalue weighted by Crippen LogP contribution is 2.16. The number of ether oxygens (including phenoxy) is 1. The van der Waals surface area contributed by atoms with Crippen LogP contribution in [0.15, 0.2) is 42.0 Å². The van der Waals surface area contributed by atoms with Crippen LogP contribution in [-0.2, 0) is 16.1 Å². The second kappa shape index (κ2) is 9.00. The molecule has 1 aromatic rings. The summed E-state index contributed by atoms with van der Waals surface area (Å²) < 4.78 is 5.79. The van der Waals surface area contributed by atoms with Crippen molar-refractivity contribution in [2.45, 2.75) is 44.8 Å². The molecule has 0 saturated carbocycles. The zero-order valence-corrected chi connectivity index (χ0v) is 14.4. The fraction of sp³-hybridized carbons (Fsp3) is 0.550. The number of morpholine rings is 1. The van der Waals surface area contributed by atoms with Gasteiger partial charge in [-0.05, 0) is 31.2 Å². The minimum absolute atomic E-state index is 0.00259. The molecule has 0 spiro atoms. The average Bonchev–Trinajstić information content (AvgIpc) is 2.62. The molecule has 24 heavy (non-hydrogen) atoms. The standard InChI is InChI=1S/C20H28N2O2/c23-20(21-14-17-7-3-1-4-8-17)13-19-16-22(11-12-24-19)15-18-9-5-2-6-10-18/h2,5-7,9-10,19H,1,3-4,8,11-16H2,(H,21,23). The Morgan fingerprint density at radius 1 is 1.25 bits per heavy atom. The SMILES string of the molecule is O=C(CC1CN(Cc2ccccc2)CCO1)NCC1=CCCCC1. The molecule has 1 fully saturated rings. The van der Waals surface area contributed by atoms with Gasteiger partial charge < -0.3 is 10.1 Å². The molecule has 130 valence electrons. The summed E-state index contributed by atoms with van der Waals surface area (Å²) in [6, 6.07) is 10.5. The Bertz CT molecular complexity index is 556. The van der Waals surface area contributed by atoms with E-state index in [9.17, 15) is 4.79 Å². The number of hydrogen-bond donors (Lipinski definition) is 1. The van der Waals surface area contributed by atoms with Crippen LogP contribution in [0.1, 0.15) is 37.7 Å². The van der Waals surface area contributed by atoms with Crippen LogP contribution in [0.5, 0.6) is 0 Å². The molecular weight excluding hydrogens is 300 g/mol. The van der Waals surface area contributed by atoms with Gasteiger partial charge in [0, 0.05) is 26.2 Å². The molecule has 1 N–H and O–H groups in total. The quantitative estimate of drug-likeness (QED) is 0.817.